The van der Waals surface area contributed by atoms with Gasteiger partial charge in [0.25, 0.3) is 0 Å². The minimum atomic E-state index is 0.418. The van der Waals surface area contributed by atoms with Crippen LogP contribution in [0.4, 0.5) is 0 Å². The third kappa shape index (κ3) is 3.38. The molecule has 1 aliphatic carbocycles. The first-order chi connectivity index (χ1) is 10.1. The Morgan fingerprint density at radius 3 is 2.38 bits per heavy atom. The Morgan fingerprint density at radius 1 is 1.05 bits per heavy atom. The van der Waals surface area contributed by atoms with E-state index in [9.17, 15) is 0 Å². The lowest BCUT2D eigenvalue weighted by molar-refractivity contribution is 0.270. The minimum Gasteiger partial charge on any atom is -0.307 e. The largest absolute Gasteiger partial charge is 0.307 e. The summed E-state index contributed by atoms with van der Waals surface area (Å²) in [6.07, 6.45) is 2.51. The molecule has 0 spiro atoms. The van der Waals surface area contributed by atoms with Crippen LogP contribution in [-0.2, 0) is 0 Å². The molecule has 1 atom stereocenters. The number of aryl methyl sites for hydroxylation is 1. The van der Waals surface area contributed by atoms with Crippen molar-refractivity contribution in [3.8, 4) is 0 Å². The predicted octanol–water partition coefficient (Wildman–Crippen LogP) is 5.35. The molecule has 0 bridgehead atoms. The third-order valence-corrected chi connectivity index (χ3v) is 5.15. The number of rotatable bonds is 4. The predicted molar refractivity (Wildman–Crippen MR) is 92.6 cm³/mol. The second-order valence-corrected chi connectivity index (χ2v) is 7.08. The fraction of sp³-hybridized carbons (Fsp3) is 0.368. The van der Waals surface area contributed by atoms with E-state index >= 15 is 0 Å². The standard InChI is InChI=1S/C19H22BrN/c1-13-5-3-4-6-19(13)16-11-18(12-16)21-14(2)15-7-9-17(20)10-8-15/h3-10,14,16,18,21H,11-12H2,1-2H3. The molecule has 1 unspecified atom stereocenters. The van der Waals surface area contributed by atoms with Gasteiger partial charge in [0, 0.05) is 16.6 Å². The molecule has 110 valence electrons. The maximum atomic E-state index is 3.76. The second-order valence-electron chi connectivity index (χ2n) is 6.16. The van der Waals surface area contributed by atoms with Crippen LogP contribution in [0.15, 0.2) is 53.0 Å². The van der Waals surface area contributed by atoms with Crippen molar-refractivity contribution < 1.29 is 0 Å². The van der Waals surface area contributed by atoms with Gasteiger partial charge in [-0.2, -0.15) is 0 Å². The van der Waals surface area contributed by atoms with E-state index in [1.807, 2.05) is 0 Å². The first kappa shape index (κ1) is 14.8. The smallest absolute Gasteiger partial charge is 0.0294 e. The molecule has 1 N–H and O–H groups in total. The van der Waals surface area contributed by atoms with E-state index in [0.717, 1.165) is 10.4 Å². The number of hydrogen-bond acceptors (Lipinski definition) is 1. The van der Waals surface area contributed by atoms with E-state index < -0.39 is 0 Å². The zero-order valence-electron chi connectivity index (χ0n) is 12.6. The SMILES string of the molecule is Cc1ccccc1C1CC(NC(C)c2ccc(Br)cc2)C1. The maximum absolute atomic E-state index is 3.76. The van der Waals surface area contributed by atoms with Crippen LogP contribution in [-0.4, -0.2) is 6.04 Å². The van der Waals surface area contributed by atoms with Crippen LogP contribution in [0.5, 0.6) is 0 Å². The zero-order valence-corrected chi connectivity index (χ0v) is 14.2. The van der Waals surface area contributed by atoms with Gasteiger partial charge in [-0.3, -0.25) is 0 Å². The van der Waals surface area contributed by atoms with Gasteiger partial charge in [0.2, 0.25) is 0 Å². The highest BCUT2D eigenvalue weighted by Gasteiger charge is 2.31. The van der Waals surface area contributed by atoms with Crippen molar-refractivity contribution in [3.63, 3.8) is 0 Å². The molecule has 1 saturated carbocycles. The number of halogens is 1. The molecule has 1 fully saturated rings. The molecule has 0 heterocycles. The number of hydrogen-bond donors (Lipinski definition) is 1. The Bertz CT molecular complexity index is 599. The molecule has 21 heavy (non-hydrogen) atoms. The quantitative estimate of drug-likeness (QED) is 0.788. The molecule has 0 aromatic heterocycles. The second kappa shape index (κ2) is 6.33. The molecular weight excluding hydrogens is 322 g/mol. The summed E-state index contributed by atoms with van der Waals surface area (Å²) in [5, 5.41) is 3.76. The van der Waals surface area contributed by atoms with Crippen LogP contribution >= 0.6 is 15.9 Å². The summed E-state index contributed by atoms with van der Waals surface area (Å²) in [7, 11) is 0. The molecule has 3 rings (SSSR count). The summed E-state index contributed by atoms with van der Waals surface area (Å²) in [4.78, 5) is 0. The van der Waals surface area contributed by atoms with Gasteiger partial charge in [0.15, 0.2) is 0 Å². The fourth-order valence-electron chi connectivity index (χ4n) is 3.25. The minimum absolute atomic E-state index is 0.418. The van der Waals surface area contributed by atoms with Gasteiger partial charge in [-0.25, -0.2) is 0 Å². The van der Waals surface area contributed by atoms with E-state index in [-0.39, 0.29) is 0 Å². The van der Waals surface area contributed by atoms with Gasteiger partial charge in [0.05, 0.1) is 0 Å². The summed E-state index contributed by atoms with van der Waals surface area (Å²) in [6.45, 7) is 4.48. The number of benzene rings is 2. The highest BCUT2D eigenvalue weighted by molar-refractivity contribution is 9.10. The molecule has 0 amide bonds. The molecule has 0 saturated heterocycles. The highest BCUT2D eigenvalue weighted by atomic mass is 79.9. The Hall–Kier alpha value is -1.12. The molecule has 1 nitrogen and oxygen atoms in total. The topological polar surface area (TPSA) is 12.0 Å². The van der Waals surface area contributed by atoms with Crippen molar-refractivity contribution >= 4 is 15.9 Å². The Morgan fingerprint density at radius 2 is 1.71 bits per heavy atom. The van der Waals surface area contributed by atoms with Crippen LogP contribution in [0, 0.1) is 6.92 Å². The zero-order chi connectivity index (χ0) is 14.8. The lowest BCUT2D eigenvalue weighted by Gasteiger charge is -2.39. The molecular formula is C19H22BrN. The van der Waals surface area contributed by atoms with Gasteiger partial charge >= 0.3 is 0 Å². The number of nitrogens with one attached hydrogen (secondary N) is 1. The first-order valence-corrected chi connectivity index (χ1v) is 8.50. The summed E-state index contributed by atoms with van der Waals surface area (Å²) in [6, 6.07) is 18.5. The van der Waals surface area contributed by atoms with Gasteiger partial charge < -0.3 is 5.32 Å². The summed E-state index contributed by atoms with van der Waals surface area (Å²) >= 11 is 3.49. The Balaban J connectivity index is 1.55. The molecule has 1 aliphatic rings. The van der Waals surface area contributed by atoms with E-state index in [4.69, 9.17) is 0 Å². The lowest BCUT2D eigenvalue weighted by atomic mass is 9.74. The molecule has 0 radical (unpaired) electrons. The van der Waals surface area contributed by atoms with Gasteiger partial charge in [-0.15, -0.1) is 0 Å². The van der Waals surface area contributed by atoms with Gasteiger partial charge in [-0.1, -0.05) is 52.3 Å². The molecule has 2 aromatic carbocycles. The first-order valence-electron chi connectivity index (χ1n) is 7.70. The van der Waals surface area contributed by atoms with Crippen molar-refractivity contribution in [2.24, 2.45) is 0 Å². The van der Waals surface area contributed by atoms with Crippen LogP contribution in [0.3, 0.4) is 0 Å². The van der Waals surface area contributed by atoms with E-state index in [1.165, 1.54) is 29.5 Å². The van der Waals surface area contributed by atoms with Crippen LogP contribution in [0.1, 0.15) is 48.4 Å². The maximum Gasteiger partial charge on any atom is 0.0294 e. The molecule has 2 heteroatoms. The molecule has 2 aromatic rings. The average molecular weight is 344 g/mol. The van der Waals surface area contributed by atoms with Crippen molar-refractivity contribution in [2.75, 3.05) is 0 Å². The average Bonchev–Trinajstić information content (AvgIpc) is 2.44. The summed E-state index contributed by atoms with van der Waals surface area (Å²) < 4.78 is 1.14. The van der Waals surface area contributed by atoms with Crippen LogP contribution in [0.25, 0.3) is 0 Å². The summed E-state index contributed by atoms with van der Waals surface area (Å²) in [5.41, 5.74) is 4.33. The van der Waals surface area contributed by atoms with Gasteiger partial charge in [0.1, 0.15) is 0 Å². The molecule has 0 aliphatic heterocycles. The van der Waals surface area contributed by atoms with Gasteiger partial charge in [-0.05, 0) is 61.4 Å². The van der Waals surface area contributed by atoms with Crippen LogP contribution < -0.4 is 5.32 Å². The normalized spacial score (nSPS) is 22.6. The van der Waals surface area contributed by atoms with Crippen molar-refractivity contribution in [1.29, 1.82) is 0 Å². The van der Waals surface area contributed by atoms with Crippen molar-refractivity contribution in [1.82, 2.24) is 5.32 Å². The fourth-order valence-corrected chi connectivity index (χ4v) is 3.52. The highest BCUT2D eigenvalue weighted by Crippen LogP contribution is 2.39. The van der Waals surface area contributed by atoms with Crippen molar-refractivity contribution in [3.05, 3.63) is 69.7 Å². The van der Waals surface area contributed by atoms with E-state index in [0.29, 0.717) is 12.1 Å². The van der Waals surface area contributed by atoms with E-state index in [1.54, 1.807) is 0 Å². The van der Waals surface area contributed by atoms with E-state index in [2.05, 4.69) is 83.6 Å². The van der Waals surface area contributed by atoms with Crippen LogP contribution in [0.2, 0.25) is 0 Å². The lowest BCUT2D eigenvalue weighted by Crippen LogP contribution is -2.41. The Kier molecular flexibility index (Phi) is 4.46. The summed E-state index contributed by atoms with van der Waals surface area (Å²) in [5.74, 6) is 0.737. The monoisotopic (exact) mass is 343 g/mol. The van der Waals surface area contributed by atoms with Crippen molar-refractivity contribution in [2.45, 2.75) is 44.7 Å². The Labute approximate surface area is 135 Å². The third-order valence-electron chi connectivity index (χ3n) is 4.62.